The van der Waals surface area contributed by atoms with Crippen molar-refractivity contribution >= 4 is 5.97 Å². The number of hydrogen-bond donors (Lipinski definition) is 1. The molecule has 0 saturated heterocycles. The van der Waals surface area contributed by atoms with Crippen LogP contribution in [0.1, 0.15) is 40.0 Å². The zero-order chi connectivity index (χ0) is 16.5. The highest BCUT2D eigenvalue weighted by Crippen LogP contribution is 2.51. The second-order valence-corrected chi connectivity index (χ2v) is 6.75. The Kier molecular flexibility index (Phi) is 5.13. The van der Waals surface area contributed by atoms with E-state index in [0.717, 1.165) is 18.4 Å². The molecule has 2 aliphatic carbocycles. The maximum absolute atomic E-state index is 11.9. The first-order valence-electron chi connectivity index (χ1n) is 8.11. The highest BCUT2D eigenvalue weighted by molar-refractivity contribution is 5.88. The minimum atomic E-state index is -0.425. The zero-order valence-corrected chi connectivity index (χ0v) is 14.1. The predicted molar refractivity (Wildman–Crippen MR) is 85.3 cm³/mol. The lowest BCUT2D eigenvalue weighted by atomic mass is 9.58. The van der Waals surface area contributed by atoms with E-state index in [-0.39, 0.29) is 29.3 Å². The quantitative estimate of drug-likeness (QED) is 0.493. The minimum absolute atomic E-state index is 0.0634. The maximum Gasteiger partial charge on any atom is 0.333 e. The fourth-order valence-electron chi connectivity index (χ4n) is 4.19. The van der Waals surface area contributed by atoms with Crippen molar-refractivity contribution in [3.05, 3.63) is 23.8 Å². The number of aliphatic hydroxyl groups is 1. The maximum atomic E-state index is 11.9. The van der Waals surface area contributed by atoms with Crippen molar-refractivity contribution in [3.8, 4) is 0 Å². The van der Waals surface area contributed by atoms with Gasteiger partial charge in [-0.3, -0.25) is 0 Å². The topological polar surface area (TPSA) is 55.8 Å². The molecule has 0 bridgehead atoms. The molecule has 0 unspecified atom stereocenters. The van der Waals surface area contributed by atoms with Gasteiger partial charge in [-0.1, -0.05) is 12.7 Å². The van der Waals surface area contributed by atoms with Crippen molar-refractivity contribution < 1.29 is 19.4 Å². The summed E-state index contributed by atoms with van der Waals surface area (Å²) in [6.07, 6.45) is 4.09. The van der Waals surface area contributed by atoms with Gasteiger partial charge in [-0.25, -0.2) is 4.79 Å². The molecule has 0 aromatic carbocycles. The number of aliphatic hydroxyl groups excluding tert-OH is 1. The third kappa shape index (κ3) is 2.99. The number of carbonyl (C=O) groups is 1. The SMILES string of the molecule is C=C(C(=O)OC)[C@@H]1CC[C@@](C)(OCC)[C@@H]2C[C@H](O)C(C)=C[C@H]21. The summed E-state index contributed by atoms with van der Waals surface area (Å²) >= 11 is 0. The van der Waals surface area contributed by atoms with E-state index in [1.807, 2.05) is 13.8 Å². The Morgan fingerprint density at radius 2 is 2.23 bits per heavy atom. The van der Waals surface area contributed by atoms with Gasteiger partial charge in [0, 0.05) is 12.2 Å². The molecule has 1 fully saturated rings. The average Bonchev–Trinajstić information content (AvgIpc) is 2.48. The van der Waals surface area contributed by atoms with Crippen molar-refractivity contribution in [2.75, 3.05) is 13.7 Å². The molecule has 124 valence electrons. The zero-order valence-electron chi connectivity index (χ0n) is 14.1. The number of rotatable bonds is 4. The molecule has 4 nitrogen and oxygen atoms in total. The van der Waals surface area contributed by atoms with Gasteiger partial charge in [0.2, 0.25) is 0 Å². The van der Waals surface area contributed by atoms with Gasteiger partial charge in [-0.05, 0) is 63.4 Å². The van der Waals surface area contributed by atoms with E-state index in [4.69, 9.17) is 9.47 Å². The van der Waals surface area contributed by atoms with E-state index in [1.165, 1.54) is 7.11 Å². The van der Waals surface area contributed by atoms with Crippen LogP contribution in [0.25, 0.3) is 0 Å². The Labute approximate surface area is 133 Å². The number of methoxy groups -OCH3 is 1. The molecule has 5 atom stereocenters. The lowest BCUT2D eigenvalue weighted by Crippen LogP contribution is -2.51. The van der Waals surface area contributed by atoms with E-state index >= 15 is 0 Å². The van der Waals surface area contributed by atoms with Crippen LogP contribution in [-0.2, 0) is 14.3 Å². The normalized spacial score (nSPS) is 38.0. The van der Waals surface area contributed by atoms with Gasteiger partial charge in [0.1, 0.15) is 0 Å². The van der Waals surface area contributed by atoms with Crippen molar-refractivity contribution in [2.45, 2.75) is 51.7 Å². The summed E-state index contributed by atoms with van der Waals surface area (Å²) in [6.45, 7) is 10.7. The Bertz CT molecular complexity index is 481. The summed E-state index contributed by atoms with van der Waals surface area (Å²) in [5.41, 5.74) is 1.26. The Balaban J connectivity index is 2.34. The van der Waals surface area contributed by atoms with Crippen LogP contribution < -0.4 is 0 Å². The van der Waals surface area contributed by atoms with Gasteiger partial charge < -0.3 is 14.6 Å². The second-order valence-electron chi connectivity index (χ2n) is 6.75. The Hall–Kier alpha value is -1.13. The molecular weight excluding hydrogens is 280 g/mol. The van der Waals surface area contributed by atoms with Crippen LogP contribution in [0.2, 0.25) is 0 Å². The van der Waals surface area contributed by atoms with Crippen molar-refractivity contribution in [1.29, 1.82) is 0 Å². The number of allylic oxidation sites excluding steroid dienone is 1. The molecule has 0 amide bonds. The van der Waals surface area contributed by atoms with Crippen molar-refractivity contribution in [3.63, 3.8) is 0 Å². The molecule has 4 heteroatoms. The van der Waals surface area contributed by atoms with Gasteiger partial charge in [0.15, 0.2) is 0 Å². The van der Waals surface area contributed by atoms with E-state index in [1.54, 1.807) is 0 Å². The lowest BCUT2D eigenvalue weighted by molar-refractivity contribution is -0.141. The van der Waals surface area contributed by atoms with Crippen LogP contribution in [0.5, 0.6) is 0 Å². The summed E-state index contributed by atoms with van der Waals surface area (Å²) in [4.78, 5) is 11.9. The van der Waals surface area contributed by atoms with Crippen LogP contribution >= 0.6 is 0 Å². The number of fused-ring (bicyclic) bond motifs is 1. The van der Waals surface area contributed by atoms with Gasteiger partial charge >= 0.3 is 5.97 Å². The largest absolute Gasteiger partial charge is 0.466 e. The Morgan fingerprint density at radius 3 is 2.82 bits per heavy atom. The predicted octanol–water partition coefficient (Wildman–Crippen LogP) is 2.86. The summed E-state index contributed by atoms with van der Waals surface area (Å²) in [5.74, 6) is 0.0842. The van der Waals surface area contributed by atoms with E-state index in [2.05, 4.69) is 19.6 Å². The standard InChI is InChI=1S/C18H28O4/c1-6-22-18(4)8-7-13(12(3)17(20)21-5)14-9-11(2)16(19)10-15(14)18/h9,13-16,19H,3,6-8,10H2,1-2,4-5H3/t13-,14-,15+,16-,18+/m0/s1. The molecule has 0 aromatic rings. The molecule has 0 heterocycles. The number of ether oxygens (including phenoxy) is 2. The van der Waals surface area contributed by atoms with Gasteiger partial charge in [0.25, 0.3) is 0 Å². The highest BCUT2D eigenvalue weighted by Gasteiger charge is 2.50. The molecule has 0 spiro atoms. The fraction of sp³-hybridized carbons (Fsp3) is 0.722. The van der Waals surface area contributed by atoms with Crippen LogP contribution in [0.15, 0.2) is 23.8 Å². The van der Waals surface area contributed by atoms with Crippen LogP contribution in [0, 0.1) is 17.8 Å². The number of hydrogen-bond acceptors (Lipinski definition) is 4. The van der Waals surface area contributed by atoms with Crippen LogP contribution in [0.4, 0.5) is 0 Å². The van der Waals surface area contributed by atoms with Gasteiger partial charge in [0.05, 0.1) is 18.8 Å². The minimum Gasteiger partial charge on any atom is -0.466 e. The summed E-state index contributed by atoms with van der Waals surface area (Å²) in [7, 11) is 1.39. The first kappa shape index (κ1) is 17.2. The monoisotopic (exact) mass is 308 g/mol. The van der Waals surface area contributed by atoms with Gasteiger partial charge in [-0.15, -0.1) is 0 Å². The van der Waals surface area contributed by atoms with E-state index in [9.17, 15) is 9.90 Å². The molecular formula is C18H28O4. The summed E-state index contributed by atoms with van der Waals surface area (Å²) in [5, 5.41) is 10.3. The fourth-order valence-corrected chi connectivity index (χ4v) is 4.19. The van der Waals surface area contributed by atoms with Crippen LogP contribution in [-0.4, -0.2) is 36.5 Å². The second kappa shape index (κ2) is 6.55. The lowest BCUT2D eigenvalue weighted by Gasteiger charge is -2.51. The first-order valence-corrected chi connectivity index (χ1v) is 8.11. The molecule has 2 aliphatic rings. The molecule has 0 aromatic heterocycles. The molecule has 1 saturated carbocycles. The van der Waals surface area contributed by atoms with Gasteiger partial charge in [-0.2, -0.15) is 0 Å². The number of esters is 1. The molecule has 0 radical (unpaired) electrons. The van der Waals surface area contributed by atoms with E-state index in [0.29, 0.717) is 18.6 Å². The smallest absolute Gasteiger partial charge is 0.333 e. The van der Waals surface area contributed by atoms with E-state index < -0.39 is 6.10 Å². The molecule has 2 rings (SSSR count). The molecule has 0 aliphatic heterocycles. The molecule has 22 heavy (non-hydrogen) atoms. The third-order valence-electron chi connectivity index (χ3n) is 5.49. The van der Waals surface area contributed by atoms with Crippen molar-refractivity contribution in [1.82, 2.24) is 0 Å². The first-order chi connectivity index (χ1) is 10.3. The highest BCUT2D eigenvalue weighted by atomic mass is 16.5. The average molecular weight is 308 g/mol. The van der Waals surface area contributed by atoms with Crippen molar-refractivity contribution in [2.24, 2.45) is 17.8 Å². The summed E-state index contributed by atoms with van der Waals surface area (Å²) in [6, 6.07) is 0. The Morgan fingerprint density at radius 1 is 1.55 bits per heavy atom. The number of carbonyl (C=O) groups excluding carboxylic acids is 1. The third-order valence-corrected chi connectivity index (χ3v) is 5.49. The summed E-state index contributed by atoms with van der Waals surface area (Å²) < 4.78 is 10.9. The van der Waals surface area contributed by atoms with Crippen LogP contribution in [0.3, 0.4) is 0 Å². The molecule has 1 N–H and O–H groups in total.